The Hall–Kier alpha value is -2.64. The molecule has 0 bridgehead atoms. The van der Waals surface area contributed by atoms with Crippen molar-refractivity contribution < 1.29 is 19.8 Å². The van der Waals surface area contributed by atoms with Crippen LogP contribution in [-0.2, 0) is 16.1 Å². The van der Waals surface area contributed by atoms with Crippen LogP contribution in [0.2, 0.25) is 0 Å². The van der Waals surface area contributed by atoms with Crippen LogP contribution >= 0.6 is 0 Å². The van der Waals surface area contributed by atoms with Crippen molar-refractivity contribution in [2.45, 2.75) is 92.4 Å². The molecule has 214 valence electrons. The number of nitrogens with zero attached hydrogens (tertiary/aromatic N) is 1. The lowest BCUT2D eigenvalue weighted by atomic mass is 9.87. The second-order valence-electron chi connectivity index (χ2n) is 10.7. The molecule has 0 saturated heterocycles. The Morgan fingerprint density at radius 1 is 1.16 bits per heavy atom. The molecule has 0 aromatic carbocycles. The monoisotopic (exact) mass is 528 g/mol. The fourth-order valence-corrected chi connectivity index (χ4v) is 4.62. The number of aliphatic hydroxyl groups excluding tert-OH is 1. The number of aryl methyl sites for hydroxylation is 1. The van der Waals surface area contributed by atoms with Crippen molar-refractivity contribution in [3.05, 3.63) is 53.9 Å². The zero-order valence-corrected chi connectivity index (χ0v) is 24.4. The molecule has 38 heavy (non-hydrogen) atoms. The molecule has 0 spiro atoms. The van der Waals surface area contributed by atoms with E-state index in [1.165, 1.54) is 31.9 Å². The van der Waals surface area contributed by atoms with Crippen LogP contribution in [0.25, 0.3) is 5.57 Å². The summed E-state index contributed by atoms with van der Waals surface area (Å²) in [5.41, 5.74) is 3.22. The van der Waals surface area contributed by atoms with Crippen LogP contribution in [0, 0.1) is 17.8 Å². The molecule has 1 rings (SSSR count). The van der Waals surface area contributed by atoms with Crippen molar-refractivity contribution in [3.63, 3.8) is 0 Å². The minimum absolute atomic E-state index is 0.110. The van der Waals surface area contributed by atoms with Gasteiger partial charge in [0.2, 0.25) is 0 Å². The Balaban J connectivity index is 3.38. The Morgan fingerprint density at radius 2 is 1.87 bits per heavy atom. The number of allylic oxidation sites excluding steroid dienone is 4. The number of carbonyl (C=O) groups excluding carboxylic acids is 2. The van der Waals surface area contributed by atoms with E-state index in [0.717, 1.165) is 24.8 Å². The fraction of sp³-hybridized carbons (Fsp3) is 0.613. The van der Waals surface area contributed by atoms with Gasteiger partial charge in [-0.25, -0.2) is 0 Å². The molecule has 0 aliphatic heterocycles. The third-order valence-corrected chi connectivity index (χ3v) is 6.82. The van der Waals surface area contributed by atoms with Gasteiger partial charge >= 0.3 is 11.8 Å². The Morgan fingerprint density at radius 3 is 2.45 bits per heavy atom. The number of nitrogens with one attached hydrogen (secondary N) is 2. The Kier molecular flexibility index (Phi) is 15.6. The SMILES string of the molecule is C=CCCCn1cc(/C(=C\C(/C=C(\C)CC(C)CCCC)C(C)C)CCNC(=O)C(=O)NC)c(C([O-])O)c1. The summed E-state index contributed by atoms with van der Waals surface area (Å²) in [6.45, 7) is 15.7. The third-order valence-electron chi connectivity index (χ3n) is 6.82. The van der Waals surface area contributed by atoms with Crippen molar-refractivity contribution in [1.82, 2.24) is 15.2 Å². The van der Waals surface area contributed by atoms with Crippen LogP contribution in [0.1, 0.15) is 97.0 Å². The van der Waals surface area contributed by atoms with Crippen LogP contribution in [-0.4, -0.2) is 35.1 Å². The highest BCUT2D eigenvalue weighted by Gasteiger charge is 2.18. The summed E-state index contributed by atoms with van der Waals surface area (Å²) in [7, 11) is 1.41. The van der Waals surface area contributed by atoms with Crippen LogP contribution in [0.4, 0.5) is 0 Å². The van der Waals surface area contributed by atoms with Gasteiger partial charge in [-0.05, 0) is 67.1 Å². The number of unbranched alkanes of at least 4 members (excludes halogenated alkanes) is 2. The van der Waals surface area contributed by atoms with Crippen molar-refractivity contribution in [1.29, 1.82) is 0 Å². The van der Waals surface area contributed by atoms with E-state index in [1.54, 1.807) is 6.20 Å². The fourth-order valence-electron chi connectivity index (χ4n) is 4.62. The zero-order chi connectivity index (χ0) is 28.7. The molecule has 0 aliphatic carbocycles. The highest BCUT2D eigenvalue weighted by Crippen LogP contribution is 2.31. The summed E-state index contributed by atoms with van der Waals surface area (Å²) in [4.78, 5) is 23.7. The molecule has 0 saturated carbocycles. The van der Waals surface area contributed by atoms with Gasteiger partial charge in [0.15, 0.2) is 0 Å². The first-order chi connectivity index (χ1) is 18.0. The van der Waals surface area contributed by atoms with E-state index in [1.807, 2.05) is 16.8 Å². The van der Waals surface area contributed by atoms with E-state index in [9.17, 15) is 19.8 Å². The number of hydrogen-bond donors (Lipinski definition) is 3. The molecular weight excluding hydrogens is 478 g/mol. The number of hydrogen-bond acceptors (Lipinski definition) is 4. The van der Waals surface area contributed by atoms with Crippen molar-refractivity contribution in [2.24, 2.45) is 17.8 Å². The lowest BCUT2D eigenvalue weighted by molar-refractivity contribution is -0.490. The topological polar surface area (TPSA) is 106 Å². The van der Waals surface area contributed by atoms with Crippen LogP contribution < -0.4 is 15.7 Å². The summed E-state index contributed by atoms with van der Waals surface area (Å²) in [6, 6.07) is 0. The van der Waals surface area contributed by atoms with E-state index < -0.39 is 18.1 Å². The van der Waals surface area contributed by atoms with Crippen LogP contribution in [0.5, 0.6) is 0 Å². The average molecular weight is 529 g/mol. The second kappa shape index (κ2) is 17.8. The molecule has 0 aliphatic rings. The number of aromatic nitrogens is 1. The first kappa shape index (κ1) is 33.4. The van der Waals surface area contributed by atoms with Gasteiger partial charge in [0, 0.05) is 38.8 Å². The molecule has 7 nitrogen and oxygen atoms in total. The van der Waals surface area contributed by atoms with Crippen LogP contribution in [0.3, 0.4) is 0 Å². The Labute approximate surface area is 230 Å². The van der Waals surface area contributed by atoms with E-state index >= 15 is 0 Å². The van der Waals surface area contributed by atoms with Crippen molar-refractivity contribution in [2.75, 3.05) is 13.6 Å². The van der Waals surface area contributed by atoms with E-state index in [-0.39, 0.29) is 12.5 Å². The van der Waals surface area contributed by atoms with E-state index in [2.05, 4.69) is 64.0 Å². The standard InChI is InChI=1S/C31H50N3O4/c1-8-10-12-16-34-20-27(28(21-34)31(37)38)25(14-15-33-30(36)29(35)32-7)19-26(22(3)4)18-24(6)17-23(5)13-11-9-2/h8,18-23,26,31,37H,1,9-17H2,2-7H3,(H,32,35)(H,33,36)/q-1/b24-18+,25-19-. The summed E-state index contributed by atoms with van der Waals surface area (Å²) in [5, 5.41) is 27.3. The summed E-state index contributed by atoms with van der Waals surface area (Å²) < 4.78 is 1.94. The van der Waals surface area contributed by atoms with Gasteiger partial charge in [-0.2, -0.15) is 0 Å². The van der Waals surface area contributed by atoms with Gasteiger partial charge in [0.05, 0.1) is 0 Å². The second-order valence-corrected chi connectivity index (χ2v) is 10.7. The molecule has 0 radical (unpaired) electrons. The average Bonchev–Trinajstić information content (AvgIpc) is 3.30. The maximum atomic E-state index is 12.3. The first-order valence-corrected chi connectivity index (χ1v) is 14.1. The number of likely N-dealkylation sites (N-methyl/N-ethyl adjacent to an activating group) is 1. The molecule has 2 amide bonds. The molecule has 3 unspecified atom stereocenters. The summed E-state index contributed by atoms with van der Waals surface area (Å²) in [5.74, 6) is -0.361. The quantitative estimate of drug-likeness (QED) is 0.116. The molecule has 3 atom stereocenters. The number of carbonyl (C=O) groups is 2. The first-order valence-electron chi connectivity index (χ1n) is 14.1. The molecule has 7 heteroatoms. The van der Waals surface area contributed by atoms with E-state index in [0.29, 0.717) is 35.9 Å². The van der Waals surface area contributed by atoms with Gasteiger partial charge in [0.25, 0.3) is 0 Å². The predicted molar refractivity (Wildman–Crippen MR) is 154 cm³/mol. The highest BCUT2D eigenvalue weighted by molar-refractivity contribution is 6.35. The van der Waals surface area contributed by atoms with Gasteiger partial charge in [0.1, 0.15) is 0 Å². The maximum Gasteiger partial charge on any atom is 0.309 e. The smallest absolute Gasteiger partial charge is 0.309 e. The summed E-state index contributed by atoms with van der Waals surface area (Å²) >= 11 is 0. The molecular formula is C31H50N3O4-. The summed E-state index contributed by atoms with van der Waals surface area (Å²) in [6.07, 6.45) is 14.9. The number of amides is 2. The lowest BCUT2D eigenvalue weighted by Crippen LogP contribution is -2.38. The number of rotatable bonds is 17. The molecule has 1 heterocycles. The predicted octanol–water partition coefficient (Wildman–Crippen LogP) is 4.88. The lowest BCUT2D eigenvalue weighted by Gasteiger charge is -2.21. The van der Waals surface area contributed by atoms with Gasteiger partial charge in [-0.3, -0.25) is 9.59 Å². The number of aliphatic hydroxyl groups is 1. The normalized spacial score (nSPS) is 14.8. The van der Waals surface area contributed by atoms with Gasteiger partial charge in [-0.15, -0.1) is 6.58 Å². The maximum absolute atomic E-state index is 12.3. The van der Waals surface area contributed by atoms with Crippen LogP contribution in [0.15, 0.2) is 42.8 Å². The highest BCUT2D eigenvalue weighted by atomic mass is 16.5. The molecule has 1 aromatic rings. The third kappa shape index (κ3) is 11.8. The molecule has 3 N–H and O–H groups in total. The molecule has 1 aromatic heterocycles. The van der Waals surface area contributed by atoms with Gasteiger partial charge in [-0.1, -0.05) is 70.8 Å². The van der Waals surface area contributed by atoms with E-state index in [4.69, 9.17) is 0 Å². The Bertz CT molecular complexity index is 943. The van der Waals surface area contributed by atoms with Crippen molar-refractivity contribution >= 4 is 17.4 Å². The molecule has 0 fully saturated rings. The zero-order valence-electron chi connectivity index (χ0n) is 24.4. The largest absolute Gasteiger partial charge is 0.828 e. The van der Waals surface area contributed by atoms with Gasteiger partial charge < -0.3 is 25.4 Å². The minimum Gasteiger partial charge on any atom is -0.828 e. The van der Waals surface area contributed by atoms with Crippen molar-refractivity contribution in [3.8, 4) is 0 Å². The minimum atomic E-state index is -1.87.